The molecule has 0 aromatic carbocycles. The molecule has 3 aromatic heterocycles. The Kier molecular flexibility index (Phi) is 5.99. The van der Waals surface area contributed by atoms with Gasteiger partial charge >= 0.3 is 11.9 Å². The average molecular weight is 460 g/mol. The van der Waals surface area contributed by atoms with Crippen molar-refractivity contribution in [1.29, 1.82) is 0 Å². The van der Waals surface area contributed by atoms with Crippen molar-refractivity contribution in [1.82, 2.24) is 24.4 Å². The molecule has 0 spiro atoms. The van der Waals surface area contributed by atoms with E-state index in [4.69, 9.17) is 0 Å². The van der Waals surface area contributed by atoms with Gasteiger partial charge in [0, 0.05) is 44.8 Å². The Balaban J connectivity index is 1.46. The van der Waals surface area contributed by atoms with Gasteiger partial charge in [-0.3, -0.25) is 19.1 Å². The van der Waals surface area contributed by atoms with E-state index in [1.165, 1.54) is 17.2 Å². The van der Waals surface area contributed by atoms with Crippen molar-refractivity contribution in [2.45, 2.75) is 12.7 Å². The lowest BCUT2D eigenvalue weighted by Crippen LogP contribution is -2.51. The first-order valence-corrected chi connectivity index (χ1v) is 10.0. The van der Waals surface area contributed by atoms with Crippen LogP contribution in [0.1, 0.15) is 21.6 Å². The van der Waals surface area contributed by atoms with Crippen LogP contribution in [0.3, 0.4) is 0 Å². The number of aromatic amines is 1. The number of alkyl halides is 3. The Bertz CT molecular complexity index is 1250. The zero-order valence-electron chi connectivity index (χ0n) is 17.2. The van der Waals surface area contributed by atoms with Gasteiger partial charge in [-0.2, -0.15) is 13.2 Å². The Morgan fingerprint density at radius 3 is 2.39 bits per heavy atom. The molecule has 0 saturated carbocycles. The molecule has 12 heteroatoms. The Morgan fingerprint density at radius 1 is 1.03 bits per heavy atom. The average Bonchev–Trinajstić information content (AvgIpc) is 2.82. The molecule has 0 atom stereocenters. The van der Waals surface area contributed by atoms with E-state index in [1.54, 1.807) is 23.1 Å². The van der Waals surface area contributed by atoms with Crippen molar-refractivity contribution in [2.75, 3.05) is 31.1 Å². The van der Waals surface area contributed by atoms with Gasteiger partial charge in [0.2, 0.25) is 0 Å². The largest absolute Gasteiger partial charge is 0.417 e. The van der Waals surface area contributed by atoms with E-state index < -0.39 is 28.9 Å². The second-order valence-electron chi connectivity index (χ2n) is 7.40. The second-order valence-corrected chi connectivity index (χ2v) is 7.40. The molecule has 4 rings (SSSR count). The molecule has 1 fully saturated rings. The van der Waals surface area contributed by atoms with Gasteiger partial charge in [0.15, 0.2) is 0 Å². The Morgan fingerprint density at radius 2 is 1.79 bits per heavy atom. The highest BCUT2D eigenvalue weighted by Crippen LogP contribution is 2.29. The lowest BCUT2D eigenvalue weighted by atomic mass is 10.2. The van der Waals surface area contributed by atoms with E-state index in [-0.39, 0.29) is 25.2 Å². The van der Waals surface area contributed by atoms with Crippen LogP contribution < -0.4 is 16.1 Å². The number of carbonyl (C=O) groups excluding carboxylic acids is 1. The number of piperazine rings is 1. The number of pyridine rings is 2. The molecule has 0 aliphatic carbocycles. The second kappa shape index (κ2) is 8.88. The lowest BCUT2D eigenvalue weighted by Gasteiger charge is -2.35. The molecule has 33 heavy (non-hydrogen) atoms. The third kappa shape index (κ3) is 4.78. The Labute approximate surface area is 185 Å². The smallest absolute Gasteiger partial charge is 0.353 e. The van der Waals surface area contributed by atoms with Crippen molar-refractivity contribution in [3.63, 3.8) is 0 Å². The van der Waals surface area contributed by atoms with Crippen molar-refractivity contribution in [3.05, 3.63) is 86.6 Å². The molecule has 1 amide bonds. The minimum atomic E-state index is -4.46. The number of hydrogen-bond acceptors (Lipinski definition) is 6. The van der Waals surface area contributed by atoms with Crippen LogP contribution in [0.2, 0.25) is 0 Å². The number of amides is 1. The lowest BCUT2D eigenvalue weighted by molar-refractivity contribution is -0.137. The normalized spacial score (nSPS) is 14.4. The zero-order valence-corrected chi connectivity index (χ0v) is 17.2. The summed E-state index contributed by atoms with van der Waals surface area (Å²) in [5.41, 5.74) is -1.89. The van der Waals surface area contributed by atoms with Crippen LogP contribution >= 0.6 is 0 Å². The fraction of sp³-hybridized carbons (Fsp3) is 0.286. The van der Waals surface area contributed by atoms with E-state index in [2.05, 4.69) is 15.0 Å². The molecule has 172 valence electrons. The van der Waals surface area contributed by atoms with Gasteiger partial charge in [0.25, 0.3) is 11.5 Å². The van der Waals surface area contributed by atoms with Crippen molar-refractivity contribution < 1.29 is 18.0 Å². The number of nitrogens with zero attached hydrogens (tertiary/aromatic N) is 5. The maximum Gasteiger partial charge on any atom is 0.417 e. The first-order valence-electron chi connectivity index (χ1n) is 10.0. The number of hydrogen-bond donors (Lipinski definition) is 1. The molecule has 0 unspecified atom stereocenters. The summed E-state index contributed by atoms with van der Waals surface area (Å²) in [5, 5.41) is 0. The maximum absolute atomic E-state index is 13.0. The fourth-order valence-corrected chi connectivity index (χ4v) is 3.51. The van der Waals surface area contributed by atoms with Gasteiger partial charge in [0.1, 0.15) is 11.4 Å². The minimum Gasteiger partial charge on any atom is -0.353 e. The molecule has 1 aliphatic heterocycles. The summed E-state index contributed by atoms with van der Waals surface area (Å²) in [5.74, 6) is -0.164. The quantitative estimate of drug-likeness (QED) is 0.631. The minimum absolute atomic E-state index is 0.0799. The number of aromatic nitrogens is 4. The molecule has 1 saturated heterocycles. The highest BCUT2D eigenvalue weighted by atomic mass is 19.4. The number of halogens is 3. The van der Waals surface area contributed by atoms with Crippen LogP contribution in [0.25, 0.3) is 0 Å². The van der Waals surface area contributed by atoms with Gasteiger partial charge in [-0.05, 0) is 24.3 Å². The van der Waals surface area contributed by atoms with E-state index in [1.807, 2.05) is 0 Å². The molecule has 3 aromatic rings. The third-order valence-corrected chi connectivity index (χ3v) is 5.30. The van der Waals surface area contributed by atoms with E-state index in [0.29, 0.717) is 24.6 Å². The van der Waals surface area contributed by atoms with Crippen LogP contribution in [0.4, 0.5) is 19.0 Å². The van der Waals surface area contributed by atoms with Gasteiger partial charge in [0.05, 0.1) is 17.8 Å². The van der Waals surface area contributed by atoms with E-state index in [9.17, 15) is 27.6 Å². The maximum atomic E-state index is 13.0. The summed E-state index contributed by atoms with van der Waals surface area (Å²) in [7, 11) is 0. The number of nitrogens with one attached hydrogen (secondary N) is 1. The summed E-state index contributed by atoms with van der Waals surface area (Å²) in [4.78, 5) is 51.5. The monoisotopic (exact) mass is 460 g/mol. The van der Waals surface area contributed by atoms with Gasteiger partial charge < -0.3 is 14.8 Å². The van der Waals surface area contributed by atoms with Gasteiger partial charge in [-0.15, -0.1) is 0 Å². The van der Waals surface area contributed by atoms with Crippen LogP contribution in [0.15, 0.2) is 58.5 Å². The van der Waals surface area contributed by atoms with Crippen LogP contribution in [-0.4, -0.2) is 56.5 Å². The predicted molar refractivity (Wildman–Crippen MR) is 112 cm³/mol. The third-order valence-electron chi connectivity index (χ3n) is 5.30. The molecule has 9 nitrogen and oxygen atoms in total. The summed E-state index contributed by atoms with van der Waals surface area (Å²) >= 11 is 0. The molecular weight excluding hydrogens is 441 g/mol. The first-order chi connectivity index (χ1) is 15.7. The highest BCUT2D eigenvalue weighted by molar-refractivity contribution is 5.93. The molecule has 0 bridgehead atoms. The summed E-state index contributed by atoms with van der Waals surface area (Å²) in [6.07, 6.45) is -1.05. The Hall–Kier alpha value is -3.96. The SMILES string of the molecule is O=C(c1c[nH]c(=O)n(Cc2ccccn2)c1=O)N1CCN(c2ccc(C(F)(F)F)cn2)CC1. The van der Waals surface area contributed by atoms with Crippen molar-refractivity contribution >= 4 is 11.7 Å². The molecular formula is C21H19F3N6O3. The molecule has 0 radical (unpaired) electrons. The molecule has 1 N–H and O–H groups in total. The number of anilines is 1. The number of H-pyrrole nitrogens is 1. The topological polar surface area (TPSA) is 104 Å². The number of carbonyl (C=O) groups is 1. The predicted octanol–water partition coefficient (Wildman–Crippen LogP) is 1.36. The van der Waals surface area contributed by atoms with Crippen molar-refractivity contribution in [3.8, 4) is 0 Å². The molecule has 4 heterocycles. The van der Waals surface area contributed by atoms with Crippen LogP contribution in [0.5, 0.6) is 0 Å². The molecule has 1 aliphatic rings. The van der Waals surface area contributed by atoms with Crippen LogP contribution in [0, 0.1) is 0 Å². The van der Waals surface area contributed by atoms with Gasteiger partial charge in [-0.1, -0.05) is 6.07 Å². The summed E-state index contributed by atoms with van der Waals surface area (Å²) in [6, 6.07) is 7.34. The summed E-state index contributed by atoms with van der Waals surface area (Å²) in [6.45, 7) is 1.05. The van der Waals surface area contributed by atoms with E-state index >= 15 is 0 Å². The van der Waals surface area contributed by atoms with Gasteiger partial charge in [-0.25, -0.2) is 9.78 Å². The first kappa shape index (κ1) is 22.2. The fourth-order valence-electron chi connectivity index (χ4n) is 3.51. The summed E-state index contributed by atoms with van der Waals surface area (Å²) < 4.78 is 39.1. The number of rotatable bonds is 4. The van der Waals surface area contributed by atoms with E-state index in [0.717, 1.165) is 23.0 Å². The zero-order chi connectivity index (χ0) is 23.6. The highest BCUT2D eigenvalue weighted by Gasteiger charge is 2.31. The van der Waals surface area contributed by atoms with Crippen LogP contribution in [-0.2, 0) is 12.7 Å². The standard InChI is InChI=1S/C21H19F3N6O3/c22-21(23,24)14-4-5-17(26-11-14)28-7-9-29(10-8-28)18(31)16-12-27-20(33)30(19(16)32)13-15-3-1-2-6-25-15/h1-6,11-12H,7-10,13H2,(H,27,33). The van der Waals surface area contributed by atoms with Crippen molar-refractivity contribution in [2.24, 2.45) is 0 Å².